The fourth-order valence-corrected chi connectivity index (χ4v) is 9.78. The van der Waals surface area contributed by atoms with Gasteiger partial charge in [-0.1, -0.05) is 6.07 Å². The Morgan fingerprint density at radius 1 is 0.871 bits per heavy atom. The number of anilines is 2. The minimum absolute atomic E-state index is 0.0607. The first-order chi connectivity index (χ1) is 30.3. The second-order valence-corrected chi connectivity index (χ2v) is 17.0. The Morgan fingerprint density at radius 2 is 1.63 bits per heavy atom. The van der Waals surface area contributed by atoms with Crippen LogP contribution >= 0.6 is 0 Å². The number of piperazine rings is 1. The van der Waals surface area contributed by atoms with Gasteiger partial charge in [-0.05, 0) is 110 Å². The summed E-state index contributed by atoms with van der Waals surface area (Å²) < 4.78 is 7.89. The molecule has 0 spiro atoms. The maximum Gasteiger partial charge on any atom is 0.320 e. The topological polar surface area (TPSA) is 175 Å². The number of imide groups is 1. The van der Waals surface area contributed by atoms with Crippen molar-refractivity contribution in [1.29, 1.82) is 0 Å². The lowest BCUT2D eigenvalue weighted by atomic mass is 9.96. The van der Waals surface area contributed by atoms with Crippen molar-refractivity contribution >= 4 is 46.3 Å². The highest BCUT2D eigenvalue weighted by atomic mass is 16.5. The molecule has 5 amide bonds. The van der Waals surface area contributed by atoms with Gasteiger partial charge in [-0.15, -0.1) is 0 Å². The van der Waals surface area contributed by atoms with Crippen LogP contribution in [0.2, 0.25) is 0 Å². The Hall–Kier alpha value is -6.73. The van der Waals surface area contributed by atoms with Gasteiger partial charge < -0.3 is 30.1 Å². The number of aromatic nitrogens is 4. The van der Waals surface area contributed by atoms with Gasteiger partial charge in [0.15, 0.2) is 11.4 Å². The third kappa shape index (κ3) is 7.72. The fraction of sp³-hybridized carbons (Fsp3) is 0.413. The highest BCUT2D eigenvalue weighted by Gasteiger charge is 2.39. The molecule has 0 aliphatic carbocycles. The number of fused-ring (bicyclic) bond motifs is 2. The largest absolute Gasteiger partial charge is 0.448 e. The van der Waals surface area contributed by atoms with Gasteiger partial charge in [0.1, 0.15) is 29.6 Å². The zero-order chi connectivity index (χ0) is 42.3. The van der Waals surface area contributed by atoms with E-state index < -0.39 is 11.9 Å². The normalized spacial score (nSPS) is 20.4. The molecule has 0 radical (unpaired) electrons. The van der Waals surface area contributed by atoms with Gasteiger partial charge in [-0.25, -0.2) is 19.4 Å². The van der Waals surface area contributed by atoms with E-state index in [9.17, 15) is 19.2 Å². The SMILES string of the molecule is Nc1ncnc2c1c(-c1ccc(Oc3c#cccc3)cc1)nn2C1CCN(C(=O)N2CCC(CN3CCN(c4ccc5c(c4)CN(C4CCC(=O)NC4=O)C5=O)CC3)CC2)CC1. The number of rotatable bonds is 8. The molecular formula is C46H49N11O5. The van der Waals surface area contributed by atoms with Crippen molar-refractivity contribution in [3.8, 4) is 22.8 Å². The molecule has 4 fully saturated rings. The summed E-state index contributed by atoms with van der Waals surface area (Å²) in [6.07, 6.45) is 5.58. The smallest absolute Gasteiger partial charge is 0.320 e. The van der Waals surface area contributed by atoms with Gasteiger partial charge in [-0.2, -0.15) is 5.10 Å². The summed E-state index contributed by atoms with van der Waals surface area (Å²) >= 11 is 0. The van der Waals surface area contributed by atoms with E-state index in [0.29, 0.717) is 66.2 Å². The van der Waals surface area contributed by atoms with E-state index in [-0.39, 0.29) is 30.3 Å². The Labute approximate surface area is 359 Å². The number of carbonyl (C=O) groups is 4. The van der Waals surface area contributed by atoms with E-state index in [1.165, 1.54) is 6.33 Å². The lowest BCUT2D eigenvalue weighted by molar-refractivity contribution is -0.136. The molecule has 16 nitrogen and oxygen atoms in total. The Bertz CT molecular complexity index is 2490. The van der Waals surface area contributed by atoms with E-state index in [4.69, 9.17) is 15.6 Å². The maximum absolute atomic E-state index is 13.8. The van der Waals surface area contributed by atoms with Gasteiger partial charge in [-0.3, -0.25) is 24.6 Å². The molecule has 5 aromatic rings. The van der Waals surface area contributed by atoms with Crippen molar-refractivity contribution in [3.63, 3.8) is 0 Å². The zero-order valence-corrected chi connectivity index (χ0v) is 34.5. The van der Waals surface area contributed by atoms with E-state index in [1.807, 2.05) is 63.0 Å². The zero-order valence-electron chi connectivity index (χ0n) is 34.5. The summed E-state index contributed by atoms with van der Waals surface area (Å²) in [7, 11) is 0. The van der Waals surface area contributed by atoms with Gasteiger partial charge in [0, 0.05) is 88.7 Å². The predicted octanol–water partition coefficient (Wildman–Crippen LogP) is 4.52. The first-order valence-electron chi connectivity index (χ1n) is 21.7. The van der Waals surface area contributed by atoms with Crippen molar-refractivity contribution < 1.29 is 23.9 Å². The average molecular weight is 836 g/mol. The first kappa shape index (κ1) is 39.4. The van der Waals surface area contributed by atoms with Crippen LogP contribution < -0.4 is 20.7 Å². The highest BCUT2D eigenvalue weighted by Crippen LogP contribution is 2.36. The van der Waals surface area contributed by atoms with Crippen LogP contribution in [0.1, 0.15) is 60.5 Å². The Kier molecular flexibility index (Phi) is 10.6. The lowest BCUT2D eigenvalue weighted by Crippen LogP contribution is -2.52. The van der Waals surface area contributed by atoms with Crippen LogP contribution in [0, 0.1) is 18.1 Å². The molecular weight excluding hydrogens is 787 g/mol. The Balaban J connectivity index is 0.692. The molecule has 5 aliphatic rings. The van der Waals surface area contributed by atoms with E-state index in [1.54, 1.807) is 11.0 Å². The van der Waals surface area contributed by atoms with Gasteiger partial charge in [0.2, 0.25) is 11.8 Å². The number of hydrogen-bond donors (Lipinski definition) is 2. The molecule has 16 heteroatoms. The van der Waals surface area contributed by atoms with Crippen molar-refractivity contribution in [2.75, 3.05) is 69.5 Å². The van der Waals surface area contributed by atoms with Crippen molar-refractivity contribution in [2.24, 2.45) is 5.92 Å². The molecule has 1 atom stereocenters. The number of likely N-dealkylation sites (tertiary alicyclic amines) is 2. The number of piperidine rings is 3. The van der Waals surface area contributed by atoms with E-state index in [2.05, 4.69) is 43.3 Å². The number of nitrogens with zero attached hydrogens (tertiary/aromatic N) is 9. The number of nitrogen functional groups attached to an aromatic ring is 1. The summed E-state index contributed by atoms with van der Waals surface area (Å²) in [5, 5.41) is 8.15. The van der Waals surface area contributed by atoms with E-state index >= 15 is 0 Å². The molecule has 318 valence electrons. The predicted molar refractivity (Wildman–Crippen MR) is 230 cm³/mol. The molecule has 0 bridgehead atoms. The van der Waals surface area contributed by atoms with Crippen LogP contribution in [0.25, 0.3) is 22.3 Å². The molecule has 1 unspecified atom stereocenters. The third-order valence-electron chi connectivity index (χ3n) is 13.2. The van der Waals surface area contributed by atoms with Gasteiger partial charge in [0.05, 0.1) is 11.4 Å². The van der Waals surface area contributed by atoms with Crippen LogP contribution in [0.4, 0.5) is 16.3 Å². The number of ether oxygens (including phenoxy) is 1. The van der Waals surface area contributed by atoms with E-state index in [0.717, 1.165) is 93.7 Å². The maximum atomic E-state index is 13.8. The lowest BCUT2D eigenvalue weighted by Gasteiger charge is -2.41. The van der Waals surface area contributed by atoms with Crippen LogP contribution in [0.15, 0.2) is 67.0 Å². The monoisotopic (exact) mass is 835 g/mol. The average Bonchev–Trinajstić information content (AvgIpc) is 3.85. The van der Waals surface area contributed by atoms with Crippen LogP contribution in [0.3, 0.4) is 0 Å². The van der Waals surface area contributed by atoms with Crippen molar-refractivity contribution in [1.82, 2.24) is 44.7 Å². The number of benzene rings is 2. The fourth-order valence-electron chi connectivity index (χ4n) is 9.78. The summed E-state index contributed by atoms with van der Waals surface area (Å²) in [4.78, 5) is 70.5. The molecule has 10 rings (SSSR count). The van der Waals surface area contributed by atoms with Crippen molar-refractivity contribution in [3.05, 3.63) is 90.3 Å². The first-order valence-corrected chi connectivity index (χ1v) is 21.7. The number of carbonyl (C=O) groups excluding carboxylic acids is 4. The molecule has 4 saturated heterocycles. The summed E-state index contributed by atoms with van der Waals surface area (Å²) in [6.45, 7) is 7.91. The second-order valence-electron chi connectivity index (χ2n) is 17.0. The molecule has 0 saturated carbocycles. The number of amides is 5. The molecule has 2 aromatic heterocycles. The van der Waals surface area contributed by atoms with Gasteiger partial charge >= 0.3 is 6.03 Å². The summed E-state index contributed by atoms with van der Waals surface area (Å²) in [6, 6.07) is 24.6. The number of urea groups is 1. The van der Waals surface area contributed by atoms with Crippen LogP contribution in [-0.4, -0.2) is 128 Å². The molecule has 3 N–H and O–H groups in total. The third-order valence-corrected chi connectivity index (χ3v) is 13.2. The molecule has 3 aromatic carbocycles. The molecule has 5 aliphatic heterocycles. The summed E-state index contributed by atoms with van der Waals surface area (Å²) in [5.74, 6) is 1.36. The molecule has 7 heterocycles. The second kappa shape index (κ2) is 16.6. The molecule has 62 heavy (non-hydrogen) atoms. The quantitative estimate of drug-likeness (QED) is 0.210. The minimum Gasteiger partial charge on any atom is -0.448 e. The standard InChI is InChI=1S/C46H49N11O5/c47-42-40-41(31-6-9-36(10-7-31)62-35-4-2-1-3-5-35)51-57(43(40)49-29-48-42)33-16-20-55(21-17-33)46(61)54-18-14-30(15-19-54)27-52-22-24-53(25-23-52)34-8-11-37-32(26-34)28-56(45(37)60)38-12-13-39(58)50-44(38)59/h1-2,4,6-11,26,29-30,33,38H,12-25,27-28H2,(H2,47,48,49)(H,50,58,59). The number of nitrogens with one attached hydrogen (secondary N) is 1. The summed E-state index contributed by atoms with van der Waals surface area (Å²) in [5.41, 5.74) is 11.4. The van der Waals surface area contributed by atoms with Crippen molar-refractivity contribution in [2.45, 2.75) is 57.2 Å². The Morgan fingerprint density at radius 3 is 2.35 bits per heavy atom. The van der Waals surface area contributed by atoms with Gasteiger partial charge in [0.25, 0.3) is 5.91 Å². The van der Waals surface area contributed by atoms with Crippen LogP contribution in [-0.2, 0) is 16.1 Å². The van der Waals surface area contributed by atoms with Crippen LogP contribution in [0.5, 0.6) is 11.5 Å². The number of nitrogens with two attached hydrogens (primary N) is 1. The minimum atomic E-state index is -0.611. The number of hydrogen-bond acceptors (Lipinski definition) is 11. The highest BCUT2D eigenvalue weighted by molar-refractivity contribution is 6.05.